The van der Waals surface area contributed by atoms with Crippen molar-refractivity contribution < 1.29 is 13.7 Å². The van der Waals surface area contributed by atoms with Crippen LogP contribution in [-0.4, -0.2) is 14.1 Å². The third-order valence-electron chi connectivity index (χ3n) is 9.09. The highest BCUT2D eigenvalue weighted by molar-refractivity contribution is 6.16. The van der Waals surface area contributed by atoms with Gasteiger partial charge in [0.2, 0.25) is 0 Å². The van der Waals surface area contributed by atoms with Crippen molar-refractivity contribution in [2.75, 3.05) is 0 Å². The van der Waals surface area contributed by atoms with Gasteiger partial charge in [0.1, 0.15) is 39.8 Å². The molecule has 0 unspecified atom stereocenters. The Labute approximate surface area is 277 Å². The summed E-state index contributed by atoms with van der Waals surface area (Å²) in [7, 11) is 0. The molecule has 4 aromatic heterocycles. The van der Waals surface area contributed by atoms with Crippen LogP contribution in [0.3, 0.4) is 0 Å². The molecule has 9 aromatic rings. The number of ether oxygens (including phenoxy) is 1. The average molecular weight is 626 g/mol. The summed E-state index contributed by atoms with van der Waals surface area (Å²) in [5, 5.41) is 2.06. The minimum atomic E-state index is -0.0249. The Hall–Kier alpha value is -6.14. The van der Waals surface area contributed by atoms with E-state index in [1.807, 2.05) is 42.6 Å². The predicted molar refractivity (Wildman–Crippen MR) is 192 cm³/mol. The number of imidazole rings is 1. The lowest BCUT2D eigenvalue weighted by molar-refractivity contribution is -0.567. The van der Waals surface area contributed by atoms with E-state index in [0.29, 0.717) is 0 Å². The molecule has 5 aromatic carbocycles. The van der Waals surface area contributed by atoms with Crippen molar-refractivity contribution in [3.63, 3.8) is 0 Å². The van der Waals surface area contributed by atoms with E-state index in [9.17, 15) is 0 Å². The Bertz CT molecular complexity index is 2640. The van der Waals surface area contributed by atoms with Crippen LogP contribution in [0, 0.1) is 0 Å². The smallest absolute Gasteiger partial charge is 0.255 e. The maximum atomic E-state index is 6.60. The number of para-hydroxylation sites is 4. The van der Waals surface area contributed by atoms with Gasteiger partial charge in [-0.3, -0.25) is 4.57 Å². The van der Waals surface area contributed by atoms with Gasteiger partial charge in [0.05, 0.1) is 5.52 Å². The molecular formula is C42H33N4O2+. The van der Waals surface area contributed by atoms with Crippen LogP contribution in [0.4, 0.5) is 0 Å². The van der Waals surface area contributed by atoms with Crippen LogP contribution in [0.5, 0.6) is 11.5 Å². The molecule has 0 aliphatic heterocycles. The minimum absolute atomic E-state index is 0.0249. The molecule has 0 saturated carbocycles. The van der Waals surface area contributed by atoms with E-state index in [1.165, 1.54) is 5.56 Å². The van der Waals surface area contributed by atoms with Crippen molar-refractivity contribution in [2.45, 2.75) is 26.2 Å². The fourth-order valence-corrected chi connectivity index (χ4v) is 6.70. The standard InChI is InChI=1S/C42H33N4O2/c1-42(2,3)28-22-23-43-39(24-28)46-37-26-32(20-21-33(37)41-40(46)34-16-7-10-19-38(34)48-41)47-31-15-11-14-30(25-31)45-27-44(29-12-5-4-6-13-29)35-17-8-9-18-36(35)45/h4-27H,1-3H3/q+1. The summed E-state index contributed by atoms with van der Waals surface area (Å²) in [5.74, 6) is 2.32. The van der Waals surface area contributed by atoms with Crippen LogP contribution in [0.15, 0.2) is 150 Å². The van der Waals surface area contributed by atoms with Crippen molar-refractivity contribution in [3.05, 3.63) is 152 Å². The number of aromatic nitrogens is 4. The molecule has 4 heterocycles. The minimum Gasteiger partial charge on any atom is -0.457 e. The second-order valence-corrected chi connectivity index (χ2v) is 13.2. The number of rotatable bonds is 5. The van der Waals surface area contributed by atoms with Gasteiger partial charge in [0.25, 0.3) is 6.33 Å². The van der Waals surface area contributed by atoms with E-state index in [4.69, 9.17) is 14.1 Å². The summed E-state index contributed by atoms with van der Waals surface area (Å²) in [6.07, 6.45) is 4.03. The lowest BCUT2D eigenvalue weighted by atomic mass is 9.88. The van der Waals surface area contributed by atoms with Gasteiger partial charge in [0, 0.05) is 29.1 Å². The molecule has 0 fully saturated rings. The fourth-order valence-electron chi connectivity index (χ4n) is 6.70. The summed E-state index contributed by atoms with van der Waals surface area (Å²) in [4.78, 5) is 4.87. The Morgan fingerprint density at radius 1 is 0.688 bits per heavy atom. The van der Waals surface area contributed by atoms with E-state index in [-0.39, 0.29) is 5.41 Å². The van der Waals surface area contributed by atoms with Crippen LogP contribution >= 0.6 is 0 Å². The molecule has 6 nitrogen and oxygen atoms in total. The van der Waals surface area contributed by atoms with E-state index < -0.39 is 0 Å². The predicted octanol–water partition coefficient (Wildman–Crippen LogP) is 10.2. The molecule has 0 spiro atoms. The van der Waals surface area contributed by atoms with E-state index in [0.717, 1.165) is 72.7 Å². The largest absolute Gasteiger partial charge is 0.457 e. The Morgan fingerprint density at radius 3 is 2.35 bits per heavy atom. The number of furan rings is 1. The van der Waals surface area contributed by atoms with Crippen molar-refractivity contribution in [1.82, 2.24) is 14.1 Å². The fraction of sp³-hybridized carbons (Fsp3) is 0.0952. The first kappa shape index (κ1) is 28.1. The zero-order valence-electron chi connectivity index (χ0n) is 27.0. The molecule has 6 heteroatoms. The van der Waals surface area contributed by atoms with Crippen molar-refractivity contribution in [1.29, 1.82) is 0 Å². The van der Waals surface area contributed by atoms with Gasteiger partial charge in [-0.05, 0) is 83.8 Å². The number of hydrogen-bond donors (Lipinski definition) is 0. The van der Waals surface area contributed by atoms with Gasteiger partial charge in [-0.2, -0.15) is 9.13 Å². The molecule has 0 aliphatic rings. The zero-order valence-corrected chi connectivity index (χ0v) is 27.0. The van der Waals surface area contributed by atoms with E-state index in [1.54, 1.807) is 0 Å². The molecule has 232 valence electrons. The normalized spacial score (nSPS) is 12.1. The molecular weight excluding hydrogens is 592 g/mol. The lowest BCUT2D eigenvalue weighted by Crippen LogP contribution is -2.28. The maximum Gasteiger partial charge on any atom is 0.255 e. The summed E-state index contributed by atoms with van der Waals surface area (Å²) >= 11 is 0. The van der Waals surface area contributed by atoms with E-state index in [2.05, 4.69) is 138 Å². The average Bonchev–Trinajstić information content (AvgIpc) is 3.78. The first-order valence-corrected chi connectivity index (χ1v) is 16.2. The van der Waals surface area contributed by atoms with Crippen LogP contribution in [0.1, 0.15) is 26.3 Å². The lowest BCUT2D eigenvalue weighted by Gasteiger charge is -2.20. The molecule has 0 aliphatic carbocycles. The number of nitrogens with zero attached hydrogens (tertiary/aromatic N) is 4. The summed E-state index contributed by atoms with van der Waals surface area (Å²) < 4.78 is 19.7. The van der Waals surface area contributed by atoms with Gasteiger partial charge in [0.15, 0.2) is 16.6 Å². The topological polar surface area (TPSA) is 49.0 Å². The quantitative estimate of drug-likeness (QED) is 0.179. The van der Waals surface area contributed by atoms with Gasteiger partial charge in [-0.15, -0.1) is 0 Å². The maximum absolute atomic E-state index is 6.60. The highest BCUT2D eigenvalue weighted by Gasteiger charge is 2.23. The molecule has 0 atom stereocenters. The Kier molecular flexibility index (Phi) is 6.27. The molecule has 9 rings (SSSR count). The number of fused-ring (bicyclic) bond motifs is 6. The van der Waals surface area contributed by atoms with E-state index >= 15 is 0 Å². The first-order chi connectivity index (χ1) is 23.4. The SMILES string of the molecule is CC(C)(C)c1ccnc(-n2c3cc(Oc4cccc(-n5c[n+](-c6ccccc6)c6ccccc65)c4)ccc3c3oc4ccccc4c32)c1. The summed E-state index contributed by atoms with van der Waals surface area (Å²) in [5.41, 5.74) is 9.22. The van der Waals surface area contributed by atoms with Crippen molar-refractivity contribution in [3.8, 4) is 28.7 Å². The highest BCUT2D eigenvalue weighted by Crippen LogP contribution is 2.40. The molecule has 0 bridgehead atoms. The zero-order chi connectivity index (χ0) is 32.4. The molecule has 0 amide bonds. The monoisotopic (exact) mass is 625 g/mol. The molecule has 48 heavy (non-hydrogen) atoms. The van der Waals surface area contributed by atoms with Gasteiger partial charge >= 0.3 is 0 Å². The highest BCUT2D eigenvalue weighted by atomic mass is 16.5. The molecule has 0 N–H and O–H groups in total. The van der Waals surface area contributed by atoms with Gasteiger partial charge < -0.3 is 9.15 Å². The van der Waals surface area contributed by atoms with Crippen LogP contribution in [0.2, 0.25) is 0 Å². The van der Waals surface area contributed by atoms with Crippen LogP contribution in [0.25, 0.3) is 61.2 Å². The second-order valence-electron chi connectivity index (χ2n) is 13.2. The number of benzene rings is 5. The number of hydrogen-bond acceptors (Lipinski definition) is 3. The van der Waals surface area contributed by atoms with Gasteiger partial charge in [-0.25, -0.2) is 4.98 Å². The third-order valence-corrected chi connectivity index (χ3v) is 9.09. The summed E-state index contributed by atoms with van der Waals surface area (Å²) in [6.45, 7) is 6.67. The van der Waals surface area contributed by atoms with Crippen molar-refractivity contribution >= 4 is 44.0 Å². The van der Waals surface area contributed by atoms with Crippen LogP contribution in [-0.2, 0) is 5.41 Å². The first-order valence-electron chi connectivity index (χ1n) is 16.2. The van der Waals surface area contributed by atoms with Gasteiger partial charge in [-0.1, -0.05) is 69.3 Å². The van der Waals surface area contributed by atoms with Crippen LogP contribution < -0.4 is 9.30 Å². The second kappa shape index (κ2) is 10.7. The number of pyridine rings is 1. The Balaban J connectivity index is 1.16. The molecule has 0 saturated heterocycles. The third kappa shape index (κ3) is 4.56. The summed E-state index contributed by atoms with van der Waals surface area (Å²) in [6, 6.07) is 45.7. The van der Waals surface area contributed by atoms with Crippen molar-refractivity contribution in [2.24, 2.45) is 0 Å². The Morgan fingerprint density at radius 2 is 1.48 bits per heavy atom. The molecule has 0 radical (unpaired) electrons.